The highest BCUT2D eigenvalue weighted by molar-refractivity contribution is 6.35. The van der Waals surface area contributed by atoms with E-state index < -0.39 is 0 Å². The monoisotopic (exact) mass is 358 g/mol. The molecule has 0 radical (unpaired) electrons. The molecular formula is C15H20Cl2N4O2. The van der Waals surface area contributed by atoms with Gasteiger partial charge in [0.1, 0.15) is 0 Å². The van der Waals surface area contributed by atoms with Crippen LogP contribution >= 0.6 is 23.2 Å². The van der Waals surface area contributed by atoms with E-state index in [-0.39, 0.29) is 11.9 Å². The molecule has 8 heteroatoms. The fourth-order valence-electron chi connectivity index (χ4n) is 2.32. The molecule has 1 fully saturated rings. The van der Waals surface area contributed by atoms with E-state index in [9.17, 15) is 9.59 Å². The summed E-state index contributed by atoms with van der Waals surface area (Å²) in [5.41, 5.74) is 0.482. The molecule has 1 aromatic rings. The molecule has 1 N–H and O–H groups in total. The molecule has 23 heavy (non-hydrogen) atoms. The lowest BCUT2D eigenvalue weighted by molar-refractivity contribution is -0.133. The molecule has 0 bridgehead atoms. The van der Waals surface area contributed by atoms with Gasteiger partial charge in [-0.05, 0) is 32.3 Å². The molecule has 2 rings (SSSR count). The second-order valence-electron chi connectivity index (χ2n) is 5.66. The van der Waals surface area contributed by atoms with E-state index in [1.807, 2.05) is 19.0 Å². The van der Waals surface area contributed by atoms with Crippen LogP contribution in [0.4, 0.5) is 10.5 Å². The minimum absolute atomic E-state index is 0.0768. The van der Waals surface area contributed by atoms with Crippen LogP contribution in [0, 0.1) is 0 Å². The summed E-state index contributed by atoms with van der Waals surface area (Å²) in [6, 6.07) is 4.67. The smallest absolute Gasteiger partial charge is 0.322 e. The Kier molecular flexibility index (Phi) is 6.10. The highest BCUT2D eigenvalue weighted by Gasteiger charge is 2.24. The standard InChI is InChI=1S/C15H20Cl2N4O2/c1-19(2)10-14(22)20-5-7-21(8-6-20)15(23)18-13-9-11(16)3-4-12(13)17/h3-4,9H,5-8,10H2,1-2H3,(H,18,23). The van der Waals surface area contributed by atoms with E-state index in [0.717, 1.165) is 0 Å². The highest BCUT2D eigenvalue weighted by Crippen LogP contribution is 2.25. The van der Waals surface area contributed by atoms with Gasteiger partial charge in [0.2, 0.25) is 5.91 Å². The van der Waals surface area contributed by atoms with E-state index in [1.165, 1.54) is 0 Å². The quantitative estimate of drug-likeness (QED) is 0.901. The van der Waals surface area contributed by atoms with Crippen molar-refractivity contribution in [2.24, 2.45) is 0 Å². The molecule has 1 aliphatic rings. The summed E-state index contributed by atoms with van der Waals surface area (Å²) in [7, 11) is 3.71. The van der Waals surface area contributed by atoms with Crippen molar-refractivity contribution in [2.75, 3.05) is 52.1 Å². The molecule has 1 saturated heterocycles. The Morgan fingerprint density at radius 1 is 1.13 bits per heavy atom. The van der Waals surface area contributed by atoms with Crippen molar-refractivity contribution in [2.45, 2.75) is 0 Å². The van der Waals surface area contributed by atoms with Gasteiger partial charge in [0, 0.05) is 31.2 Å². The molecule has 0 saturated carbocycles. The lowest BCUT2D eigenvalue weighted by Gasteiger charge is -2.35. The summed E-state index contributed by atoms with van der Waals surface area (Å²) in [5.74, 6) is 0.0768. The summed E-state index contributed by atoms with van der Waals surface area (Å²) < 4.78 is 0. The first-order valence-corrected chi connectivity index (χ1v) is 8.06. The first kappa shape index (κ1) is 17.8. The second-order valence-corrected chi connectivity index (χ2v) is 6.50. The SMILES string of the molecule is CN(C)CC(=O)N1CCN(C(=O)Nc2cc(Cl)ccc2Cl)CC1. The molecular weight excluding hydrogens is 339 g/mol. The highest BCUT2D eigenvalue weighted by atomic mass is 35.5. The van der Waals surface area contributed by atoms with Crippen molar-refractivity contribution in [3.05, 3.63) is 28.2 Å². The van der Waals surface area contributed by atoms with Crippen molar-refractivity contribution >= 4 is 40.8 Å². The number of nitrogens with zero attached hydrogens (tertiary/aromatic N) is 3. The van der Waals surface area contributed by atoms with Crippen molar-refractivity contribution in [3.8, 4) is 0 Å². The Hall–Kier alpha value is -1.50. The van der Waals surface area contributed by atoms with E-state index in [0.29, 0.717) is 48.5 Å². The van der Waals surface area contributed by atoms with Crippen LogP contribution in [0.1, 0.15) is 0 Å². The van der Waals surface area contributed by atoms with Crippen LogP contribution in [-0.4, -0.2) is 73.5 Å². The number of anilines is 1. The largest absolute Gasteiger partial charge is 0.338 e. The summed E-state index contributed by atoms with van der Waals surface area (Å²) in [4.78, 5) is 29.6. The lowest BCUT2D eigenvalue weighted by atomic mass is 10.3. The molecule has 0 unspecified atom stereocenters. The third kappa shape index (κ3) is 4.99. The Bertz CT molecular complexity index is 587. The molecule has 3 amide bonds. The Balaban J connectivity index is 1.88. The van der Waals surface area contributed by atoms with Crippen molar-refractivity contribution < 1.29 is 9.59 Å². The topological polar surface area (TPSA) is 55.9 Å². The number of rotatable bonds is 3. The fraction of sp³-hybridized carbons (Fsp3) is 0.467. The molecule has 0 atom stereocenters. The van der Waals surface area contributed by atoms with Crippen molar-refractivity contribution in [3.63, 3.8) is 0 Å². The summed E-state index contributed by atoms with van der Waals surface area (Å²) in [5, 5.41) is 3.69. The average Bonchev–Trinajstić information content (AvgIpc) is 2.50. The maximum absolute atomic E-state index is 12.3. The number of hydrogen-bond acceptors (Lipinski definition) is 3. The number of halogens is 2. The van der Waals surface area contributed by atoms with Crippen LogP contribution in [0.2, 0.25) is 10.0 Å². The third-order valence-corrected chi connectivity index (χ3v) is 4.11. The average molecular weight is 359 g/mol. The third-order valence-electron chi connectivity index (χ3n) is 3.54. The molecule has 6 nitrogen and oxygen atoms in total. The molecule has 0 aliphatic carbocycles. The lowest BCUT2D eigenvalue weighted by Crippen LogP contribution is -2.53. The van der Waals surface area contributed by atoms with Gasteiger partial charge >= 0.3 is 6.03 Å². The number of likely N-dealkylation sites (N-methyl/N-ethyl adjacent to an activating group) is 1. The van der Waals surface area contributed by atoms with Gasteiger partial charge in [0.15, 0.2) is 0 Å². The van der Waals surface area contributed by atoms with Crippen molar-refractivity contribution in [1.29, 1.82) is 0 Å². The molecule has 126 valence electrons. The van der Waals surface area contributed by atoms with Crippen LogP contribution < -0.4 is 5.32 Å². The van der Waals surface area contributed by atoms with Crippen LogP contribution in [0.15, 0.2) is 18.2 Å². The zero-order valence-electron chi connectivity index (χ0n) is 13.2. The first-order valence-electron chi connectivity index (χ1n) is 7.30. The number of amides is 3. The van der Waals surface area contributed by atoms with E-state index >= 15 is 0 Å². The van der Waals surface area contributed by atoms with Gasteiger partial charge in [0.25, 0.3) is 0 Å². The van der Waals surface area contributed by atoms with Gasteiger partial charge in [0.05, 0.1) is 17.3 Å². The summed E-state index contributed by atoms with van der Waals surface area (Å²) in [6.07, 6.45) is 0. The Labute approximate surface area is 145 Å². The Morgan fingerprint density at radius 3 is 2.35 bits per heavy atom. The molecule has 1 aliphatic heterocycles. The number of urea groups is 1. The molecule has 0 aromatic heterocycles. The van der Waals surface area contributed by atoms with Gasteiger partial charge in [-0.25, -0.2) is 4.79 Å². The number of piperazine rings is 1. The second kappa shape index (κ2) is 7.86. The fourth-order valence-corrected chi connectivity index (χ4v) is 2.65. The van der Waals surface area contributed by atoms with E-state index in [4.69, 9.17) is 23.2 Å². The summed E-state index contributed by atoms with van der Waals surface area (Å²) in [6.45, 7) is 2.42. The number of benzene rings is 1. The predicted molar refractivity (Wildman–Crippen MR) is 92.2 cm³/mol. The zero-order chi connectivity index (χ0) is 17.0. The van der Waals surface area contributed by atoms with Crippen LogP contribution in [-0.2, 0) is 4.79 Å². The van der Waals surface area contributed by atoms with Gasteiger partial charge in [-0.15, -0.1) is 0 Å². The van der Waals surface area contributed by atoms with Gasteiger partial charge < -0.3 is 20.0 Å². The number of hydrogen-bond donors (Lipinski definition) is 1. The molecule has 0 spiro atoms. The Morgan fingerprint density at radius 2 is 1.74 bits per heavy atom. The molecule has 1 aromatic carbocycles. The number of carbonyl (C=O) groups excluding carboxylic acids is 2. The number of carbonyl (C=O) groups is 2. The zero-order valence-corrected chi connectivity index (χ0v) is 14.7. The van der Waals surface area contributed by atoms with Gasteiger partial charge in [-0.1, -0.05) is 23.2 Å². The predicted octanol–water partition coefficient (Wildman–Crippen LogP) is 2.23. The van der Waals surface area contributed by atoms with E-state index in [1.54, 1.807) is 28.0 Å². The number of nitrogens with one attached hydrogen (secondary N) is 1. The van der Waals surface area contributed by atoms with Crippen LogP contribution in [0.3, 0.4) is 0 Å². The van der Waals surface area contributed by atoms with Gasteiger partial charge in [-0.2, -0.15) is 0 Å². The van der Waals surface area contributed by atoms with Crippen LogP contribution in [0.5, 0.6) is 0 Å². The minimum Gasteiger partial charge on any atom is -0.338 e. The van der Waals surface area contributed by atoms with Crippen LogP contribution in [0.25, 0.3) is 0 Å². The van der Waals surface area contributed by atoms with Crippen molar-refractivity contribution in [1.82, 2.24) is 14.7 Å². The maximum atomic E-state index is 12.3. The first-order chi connectivity index (χ1) is 10.9. The molecule has 1 heterocycles. The minimum atomic E-state index is -0.242. The summed E-state index contributed by atoms with van der Waals surface area (Å²) >= 11 is 12.0. The maximum Gasteiger partial charge on any atom is 0.322 e. The van der Waals surface area contributed by atoms with E-state index in [2.05, 4.69) is 5.32 Å². The normalized spacial score (nSPS) is 15.0. The van der Waals surface area contributed by atoms with Gasteiger partial charge in [-0.3, -0.25) is 4.79 Å².